The molecule has 0 radical (unpaired) electrons. The van der Waals surface area contributed by atoms with Crippen molar-refractivity contribution in [2.75, 3.05) is 18.4 Å². The zero-order chi connectivity index (χ0) is 21.1. The van der Waals surface area contributed by atoms with E-state index < -0.39 is 0 Å². The first-order chi connectivity index (χ1) is 14.5. The zero-order valence-corrected chi connectivity index (χ0v) is 17.1. The number of hydrogen-bond acceptors (Lipinski definition) is 5. The second-order valence-electron chi connectivity index (χ2n) is 8.13. The summed E-state index contributed by atoms with van der Waals surface area (Å²) in [4.78, 5) is 36.3. The Labute approximate surface area is 176 Å². The van der Waals surface area contributed by atoms with Crippen LogP contribution in [0.25, 0.3) is 0 Å². The molecule has 2 N–H and O–H groups in total. The van der Waals surface area contributed by atoms with Crippen LogP contribution in [0.2, 0.25) is 0 Å². The monoisotopic (exact) mass is 402 g/mol. The molecular weight excluding hydrogens is 376 g/mol. The van der Waals surface area contributed by atoms with Gasteiger partial charge in [-0.25, -0.2) is 0 Å². The number of nitrogens with one attached hydrogen (secondary N) is 2. The van der Waals surface area contributed by atoms with Crippen LogP contribution in [0.5, 0.6) is 0 Å². The number of fused-ring (bicyclic) bond motifs is 2. The molecule has 4 rings (SSSR count). The lowest BCUT2D eigenvalue weighted by Crippen LogP contribution is -2.24. The molecule has 0 spiro atoms. The SMILES string of the molecule is C=C1Cc2cc(C(=O)CCCCNCC(=O)c3ccc4c(c3)CC(=O)C4)ccc2N1. The third-order valence-corrected chi connectivity index (χ3v) is 5.74. The fraction of sp³-hybridized carbons (Fsp3) is 0.320. The lowest BCUT2D eigenvalue weighted by molar-refractivity contribution is -0.117. The summed E-state index contributed by atoms with van der Waals surface area (Å²) in [6.45, 7) is 4.89. The molecule has 0 saturated carbocycles. The van der Waals surface area contributed by atoms with Crippen LogP contribution < -0.4 is 10.6 Å². The number of carbonyl (C=O) groups is 3. The highest BCUT2D eigenvalue weighted by atomic mass is 16.1. The lowest BCUT2D eigenvalue weighted by Gasteiger charge is -2.07. The molecule has 5 nitrogen and oxygen atoms in total. The van der Waals surface area contributed by atoms with Crippen LogP contribution in [0.1, 0.15) is 56.7 Å². The molecule has 0 aromatic heterocycles. The quantitative estimate of drug-likeness (QED) is 0.495. The van der Waals surface area contributed by atoms with Crippen molar-refractivity contribution in [2.24, 2.45) is 0 Å². The Morgan fingerprint density at radius 1 is 0.900 bits per heavy atom. The fourth-order valence-electron chi connectivity index (χ4n) is 4.11. The van der Waals surface area contributed by atoms with E-state index in [0.717, 1.165) is 52.9 Å². The van der Waals surface area contributed by atoms with Gasteiger partial charge >= 0.3 is 0 Å². The van der Waals surface area contributed by atoms with E-state index in [1.54, 1.807) is 0 Å². The summed E-state index contributed by atoms with van der Waals surface area (Å²) in [6.07, 6.45) is 3.81. The van der Waals surface area contributed by atoms with E-state index in [4.69, 9.17) is 0 Å². The summed E-state index contributed by atoms with van der Waals surface area (Å²) in [5.41, 5.74) is 6.56. The topological polar surface area (TPSA) is 75.3 Å². The average molecular weight is 402 g/mol. The molecule has 0 saturated heterocycles. The molecule has 0 amide bonds. The molecule has 0 bridgehead atoms. The van der Waals surface area contributed by atoms with E-state index in [9.17, 15) is 14.4 Å². The van der Waals surface area contributed by atoms with E-state index >= 15 is 0 Å². The number of Topliss-reactive ketones (excluding diaryl/α,β-unsaturated/α-hetero) is 3. The van der Waals surface area contributed by atoms with Crippen molar-refractivity contribution in [1.82, 2.24) is 5.32 Å². The van der Waals surface area contributed by atoms with Gasteiger partial charge in [-0.2, -0.15) is 0 Å². The molecule has 0 unspecified atom stereocenters. The minimum atomic E-state index is 0.0292. The third-order valence-electron chi connectivity index (χ3n) is 5.74. The number of allylic oxidation sites excluding steroid dienone is 1. The molecule has 2 aliphatic rings. The maximum absolute atomic E-state index is 12.4. The predicted molar refractivity (Wildman–Crippen MR) is 117 cm³/mol. The van der Waals surface area contributed by atoms with Crippen LogP contribution >= 0.6 is 0 Å². The number of benzene rings is 2. The Bertz CT molecular complexity index is 955. The molecule has 30 heavy (non-hydrogen) atoms. The van der Waals surface area contributed by atoms with Crippen molar-refractivity contribution in [2.45, 2.75) is 38.5 Å². The molecule has 2 aromatic rings. The predicted octanol–water partition coefficient (Wildman–Crippen LogP) is 3.66. The molecule has 2 aromatic carbocycles. The van der Waals surface area contributed by atoms with Crippen LogP contribution in [0.15, 0.2) is 48.7 Å². The first-order valence-corrected chi connectivity index (χ1v) is 10.5. The summed E-state index contributed by atoms with van der Waals surface area (Å²) in [5.74, 6) is 0.393. The highest BCUT2D eigenvalue weighted by molar-refractivity contribution is 5.99. The van der Waals surface area contributed by atoms with Crippen molar-refractivity contribution >= 4 is 23.0 Å². The second-order valence-corrected chi connectivity index (χ2v) is 8.13. The molecule has 5 heteroatoms. The summed E-state index contributed by atoms with van der Waals surface area (Å²) < 4.78 is 0. The Hall–Kier alpha value is -3.05. The van der Waals surface area contributed by atoms with Gasteiger partial charge in [0, 0.05) is 48.2 Å². The van der Waals surface area contributed by atoms with E-state index in [1.165, 1.54) is 0 Å². The van der Waals surface area contributed by atoms with Crippen LogP contribution in [0.4, 0.5) is 5.69 Å². The van der Waals surface area contributed by atoms with Crippen LogP contribution in [0, 0.1) is 0 Å². The van der Waals surface area contributed by atoms with Gasteiger partial charge in [0.1, 0.15) is 5.78 Å². The Balaban J connectivity index is 1.16. The van der Waals surface area contributed by atoms with Crippen molar-refractivity contribution in [1.29, 1.82) is 0 Å². The highest BCUT2D eigenvalue weighted by Crippen LogP contribution is 2.28. The van der Waals surface area contributed by atoms with E-state index in [1.807, 2.05) is 36.4 Å². The molecule has 0 atom stereocenters. The standard InChI is InChI=1S/C25H26N2O3/c1-16-10-21-12-18(7-8-23(21)27-16)24(29)4-2-3-9-26-15-25(30)19-6-5-17-13-22(28)14-20(17)11-19/h5-8,11-12,26-27H,1-4,9-10,13-15H2. The van der Waals surface area contributed by atoms with Crippen molar-refractivity contribution in [3.63, 3.8) is 0 Å². The summed E-state index contributed by atoms with van der Waals surface area (Å²) >= 11 is 0. The second kappa shape index (κ2) is 8.76. The van der Waals surface area contributed by atoms with Gasteiger partial charge in [-0.1, -0.05) is 18.7 Å². The summed E-state index contributed by atoms with van der Waals surface area (Å²) in [6, 6.07) is 11.3. The third kappa shape index (κ3) is 4.57. The van der Waals surface area contributed by atoms with Gasteiger partial charge in [0.15, 0.2) is 11.6 Å². The molecule has 154 valence electrons. The van der Waals surface area contributed by atoms with Gasteiger partial charge in [-0.05, 0) is 60.3 Å². The molecular formula is C25H26N2O3. The summed E-state index contributed by atoms with van der Waals surface area (Å²) in [7, 11) is 0. The highest BCUT2D eigenvalue weighted by Gasteiger charge is 2.19. The largest absolute Gasteiger partial charge is 0.359 e. The van der Waals surface area contributed by atoms with Crippen molar-refractivity contribution in [3.05, 3.63) is 76.5 Å². The van der Waals surface area contributed by atoms with Gasteiger partial charge < -0.3 is 10.6 Å². The van der Waals surface area contributed by atoms with Gasteiger partial charge in [-0.3, -0.25) is 14.4 Å². The maximum atomic E-state index is 12.4. The van der Waals surface area contributed by atoms with Crippen molar-refractivity contribution in [3.8, 4) is 0 Å². The van der Waals surface area contributed by atoms with E-state index in [2.05, 4.69) is 17.2 Å². The van der Waals surface area contributed by atoms with E-state index in [-0.39, 0.29) is 23.9 Å². The lowest BCUT2D eigenvalue weighted by atomic mass is 10.0. The minimum absolute atomic E-state index is 0.0292. The Morgan fingerprint density at radius 2 is 1.63 bits per heavy atom. The molecule has 1 aliphatic heterocycles. The van der Waals surface area contributed by atoms with Gasteiger partial charge in [0.25, 0.3) is 0 Å². The Morgan fingerprint density at radius 3 is 2.50 bits per heavy atom. The fourth-order valence-corrected chi connectivity index (χ4v) is 4.11. The van der Waals surface area contributed by atoms with Gasteiger partial charge in [-0.15, -0.1) is 0 Å². The first-order valence-electron chi connectivity index (χ1n) is 10.5. The molecule has 1 aliphatic carbocycles. The zero-order valence-electron chi connectivity index (χ0n) is 17.1. The molecule has 0 fully saturated rings. The molecule has 1 heterocycles. The smallest absolute Gasteiger partial charge is 0.176 e. The number of anilines is 1. The number of unbranched alkanes of at least 4 members (excludes halogenated alkanes) is 1. The van der Waals surface area contributed by atoms with Crippen molar-refractivity contribution < 1.29 is 14.4 Å². The average Bonchev–Trinajstić information content (AvgIpc) is 3.28. The van der Waals surface area contributed by atoms with Crippen LogP contribution in [0.3, 0.4) is 0 Å². The number of carbonyl (C=O) groups excluding carboxylic acids is 3. The summed E-state index contributed by atoms with van der Waals surface area (Å²) in [5, 5.41) is 6.37. The van der Waals surface area contributed by atoms with Crippen LogP contribution in [-0.4, -0.2) is 30.4 Å². The number of hydrogen-bond donors (Lipinski definition) is 2. The Kier molecular flexibility index (Phi) is 5.91. The van der Waals surface area contributed by atoms with Gasteiger partial charge in [0.05, 0.1) is 6.54 Å². The number of ketones is 3. The van der Waals surface area contributed by atoms with Gasteiger partial charge in [0.2, 0.25) is 0 Å². The van der Waals surface area contributed by atoms with Crippen LogP contribution in [-0.2, 0) is 24.1 Å². The first kappa shape index (κ1) is 20.2. The normalized spacial score (nSPS) is 14.4. The number of rotatable bonds is 9. The minimum Gasteiger partial charge on any atom is -0.359 e. The maximum Gasteiger partial charge on any atom is 0.176 e. The van der Waals surface area contributed by atoms with E-state index in [0.29, 0.717) is 31.4 Å².